The molecular weight excluding hydrogens is 195 g/mol. The third-order valence-corrected chi connectivity index (χ3v) is 1.36. The maximum absolute atomic E-state index is 8.79. The van der Waals surface area contributed by atoms with Gasteiger partial charge >= 0.3 is 8.53 Å². The van der Waals surface area contributed by atoms with E-state index < -0.39 is 14.6 Å². The molecule has 0 bridgehead atoms. The standard InChI is InChI=1S/C6H13N2O4P/c1-5(2)11-8(13(9)10)12-6(3)4-7/h5-6,9-10H,1-3H3. The van der Waals surface area contributed by atoms with Crippen molar-refractivity contribution in [3.63, 3.8) is 0 Å². The third-order valence-electron chi connectivity index (χ3n) is 0.877. The normalized spacial score (nSPS) is 13.8. The lowest BCUT2D eigenvalue weighted by molar-refractivity contribution is -0.333. The van der Waals surface area contributed by atoms with E-state index in [1.54, 1.807) is 19.9 Å². The minimum absolute atomic E-state index is 0.254. The van der Waals surface area contributed by atoms with Gasteiger partial charge in [0.2, 0.25) is 0 Å². The van der Waals surface area contributed by atoms with Crippen LogP contribution in [-0.4, -0.2) is 27.0 Å². The van der Waals surface area contributed by atoms with Gasteiger partial charge in [0, 0.05) is 5.00 Å². The summed E-state index contributed by atoms with van der Waals surface area (Å²) in [6.07, 6.45) is -1.04. The fourth-order valence-corrected chi connectivity index (χ4v) is 0.947. The second-order valence-electron chi connectivity index (χ2n) is 2.54. The molecule has 0 saturated heterocycles. The van der Waals surface area contributed by atoms with Gasteiger partial charge in [-0.05, 0) is 20.8 Å². The van der Waals surface area contributed by atoms with E-state index in [1.165, 1.54) is 6.92 Å². The molecule has 0 aromatic heterocycles. The third kappa shape index (κ3) is 5.88. The molecule has 0 radical (unpaired) electrons. The van der Waals surface area contributed by atoms with Crippen molar-refractivity contribution in [2.75, 3.05) is 0 Å². The summed E-state index contributed by atoms with van der Waals surface area (Å²) in [5, 5.41) is 8.39. The van der Waals surface area contributed by atoms with Crippen LogP contribution >= 0.6 is 8.53 Å². The molecule has 0 rings (SSSR count). The Morgan fingerprint density at radius 2 is 1.85 bits per heavy atom. The van der Waals surface area contributed by atoms with E-state index in [2.05, 4.69) is 0 Å². The maximum atomic E-state index is 8.79. The van der Waals surface area contributed by atoms with Crippen LogP contribution in [0.25, 0.3) is 0 Å². The molecule has 0 fully saturated rings. The predicted molar refractivity (Wildman–Crippen MR) is 45.6 cm³/mol. The van der Waals surface area contributed by atoms with Crippen molar-refractivity contribution < 1.29 is 19.5 Å². The number of rotatable bonds is 5. The van der Waals surface area contributed by atoms with Crippen LogP contribution in [0.15, 0.2) is 0 Å². The average Bonchev–Trinajstić information content (AvgIpc) is 2.02. The highest BCUT2D eigenvalue weighted by molar-refractivity contribution is 7.41. The van der Waals surface area contributed by atoms with Gasteiger partial charge in [0.25, 0.3) is 0 Å². The molecular formula is C6H13N2O4P. The number of nitrogens with zero attached hydrogens (tertiary/aromatic N) is 2. The van der Waals surface area contributed by atoms with Crippen LogP contribution in [0.4, 0.5) is 0 Å². The number of nitriles is 1. The molecule has 7 heteroatoms. The fraction of sp³-hybridized carbons (Fsp3) is 0.833. The van der Waals surface area contributed by atoms with Gasteiger partial charge in [0.05, 0.1) is 12.2 Å². The Hall–Kier alpha value is -0.280. The highest BCUT2D eigenvalue weighted by atomic mass is 31.2. The lowest BCUT2D eigenvalue weighted by Crippen LogP contribution is -2.26. The van der Waals surface area contributed by atoms with Crippen molar-refractivity contribution in [3.8, 4) is 6.07 Å². The smallest absolute Gasteiger partial charge is 0.305 e. The van der Waals surface area contributed by atoms with E-state index in [1.807, 2.05) is 0 Å². The molecule has 0 aromatic carbocycles. The van der Waals surface area contributed by atoms with Crippen molar-refractivity contribution in [3.05, 3.63) is 0 Å². The molecule has 0 saturated carbocycles. The lowest BCUT2D eigenvalue weighted by Gasteiger charge is -2.23. The number of hydrogen-bond acceptors (Lipinski definition) is 6. The van der Waals surface area contributed by atoms with E-state index in [4.69, 9.17) is 24.7 Å². The van der Waals surface area contributed by atoms with Crippen molar-refractivity contribution in [1.82, 2.24) is 5.00 Å². The van der Waals surface area contributed by atoms with Gasteiger partial charge in [-0.3, -0.25) is 4.84 Å². The Kier molecular flexibility index (Phi) is 6.08. The number of hydrogen-bond donors (Lipinski definition) is 2. The largest absolute Gasteiger partial charge is 0.335 e. The molecule has 0 amide bonds. The van der Waals surface area contributed by atoms with Crippen molar-refractivity contribution in [2.45, 2.75) is 33.0 Å². The van der Waals surface area contributed by atoms with Gasteiger partial charge in [-0.1, -0.05) is 0 Å². The highest BCUT2D eigenvalue weighted by Crippen LogP contribution is 2.31. The highest BCUT2D eigenvalue weighted by Gasteiger charge is 2.20. The van der Waals surface area contributed by atoms with Crippen LogP contribution in [0, 0.1) is 11.3 Å². The van der Waals surface area contributed by atoms with E-state index in [-0.39, 0.29) is 6.10 Å². The second kappa shape index (κ2) is 6.22. The monoisotopic (exact) mass is 208 g/mol. The molecule has 1 atom stereocenters. The van der Waals surface area contributed by atoms with E-state index >= 15 is 0 Å². The predicted octanol–water partition coefficient (Wildman–Crippen LogP) is 0.684. The first kappa shape index (κ1) is 12.7. The van der Waals surface area contributed by atoms with Crippen LogP contribution in [-0.2, 0) is 9.68 Å². The zero-order valence-electron chi connectivity index (χ0n) is 7.71. The molecule has 0 heterocycles. The van der Waals surface area contributed by atoms with Crippen molar-refractivity contribution in [2.24, 2.45) is 0 Å². The fourth-order valence-electron chi connectivity index (χ4n) is 0.448. The summed E-state index contributed by atoms with van der Waals surface area (Å²) >= 11 is 0. The van der Waals surface area contributed by atoms with Gasteiger partial charge in [0.15, 0.2) is 6.10 Å². The first-order valence-electron chi connectivity index (χ1n) is 3.68. The Labute approximate surface area is 78.2 Å². The van der Waals surface area contributed by atoms with Crippen LogP contribution in [0.3, 0.4) is 0 Å². The Balaban J connectivity index is 4.04. The first-order chi connectivity index (χ1) is 5.97. The molecule has 0 aliphatic heterocycles. The first-order valence-corrected chi connectivity index (χ1v) is 4.88. The van der Waals surface area contributed by atoms with Gasteiger partial charge in [-0.25, -0.2) is 4.84 Å². The van der Waals surface area contributed by atoms with Crippen molar-refractivity contribution >= 4 is 8.53 Å². The second-order valence-corrected chi connectivity index (χ2v) is 3.40. The minimum atomic E-state index is -2.50. The average molecular weight is 208 g/mol. The molecule has 0 aliphatic rings. The molecule has 2 N–H and O–H groups in total. The lowest BCUT2D eigenvalue weighted by atomic mass is 10.5. The van der Waals surface area contributed by atoms with E-state index in [0.29, 0.717) is 5.00 Å². The molecule has 1 unspecified atom stereocenters. The molecule has 6 nitrogen and oxygen atoms in total. The van der Waals surface area contributed by atoms with Crippen LogP contribution in [0.5, 0.6) is 0 Å². The molecule has 0 aromatic rings. The van der Waals surface area contributed by atoms with Crippen LogP contribution in [0.2, 0.25) is 0 Å². The quantitative estimate of drug-likeness (QED) is 0.510. The minimum Gasteiger partial charge on any atom is -0.335 e. The Morgan fingerprint density at radius 1 is 1.31 bits per heavy atom. The van der Waals surface area contributed by atoms with Gasteiger partial charge in [-0.2, -0.15) is 5.26 Å². The van der Waals surface area contributed by atoms with Crippen LogP contribution < -0.4 is 0 Å². The summed E-state index contributed by atoms with van der Waals surface area (Å²) in [5.41, 5.74) is 0. The van der Waals surface area contributed by atoms with E-state index in [9.17, 15) is 0 Å². The Bertz CT molecular complexity index is 182. The SMILES string of the molecule is CC(C)ON(OC(C)C#N)P(O)O. The molecule has 0 spiro atoms. The summed E-state index contributed by atoms with van der Waals surface area (Å²) in [7, 11) is -2.50. The van der Waals surface area contributed by atoms with Gasteiger partial charge in [0.1, 0.15) is 0 Å². The zero-order valence-corrected chi connectivity index (χ0v) is 8.60. The van der Waals surface area contributed by atoms with Gasteiger partial charge in [-0.15, -0.1) is 0 Å². The summed E-state index contributed by atoms with van der Waals surface area (Å²) in [4.78, 5) is 27.8. The molecule has 0 aliphatic carbocycles. The summed E-state index contributed by atoms with van der Waals surface area (Å²) in [6.45, 7) is 4.87. The van der Waals surface area contributed by atoms with Crippen molar-refractivity contribution in [1.29, 1.82) is 5.26 Å². The molecule has 13 heavy (non-hydrogen) atoms. The summed E-state index contributed by atoms with van der Waals surface area (Å²) < 4.78 is 0. The topological polar surface area (TPSA) is 86.0 Å². The van der Waals surface area contributed by atoms with Crippen LogP contribution in [0.1, 0.15) is 20.8 Å². The van der Waals surface area contributed by atoms with E-state index in [0.717, 1.165) is 0 Å². The Morgan fingerprint density at radius 3 is 2.15 bits per heavy atom. The summed E-state index contributed by atoms with van der Waals surface area (Å²) in [6, 6.07) is 1.77. The zero-order chi connectivity index (χ0) is 10.4. The molecule has 76 valence electrons. The van der Waals surface area contributed by atoms with Gasteiger partial charge < -0.3 is 9.79 Å². The maximum Gasteiger partial charge on any atom is 0.305 e. The summed E-state index contributed by atoms with van der Waals surface area (Å²) in [5.74, 6) is 0.